The lowest BCUT2D eigenvalue weighted by Crippen LogP contribution is -2.31. The van der Waals surface area contributed by atoms with Gasteiger partial charge in [-0.3, -0.25) is 9.29 Å². The number of ether oxygens (including phenoxy) is 1. The standard InChI is InChI=1S/C16H16F3N3O4S2/c1-2-26-15(23)13-21-11-5-3-4-8-22(14(11)27-13)28(24,25)10-6-7-12(20-9-10)16(17,18)19/h6-7,9H,2-5,8H2,1H3. The van der Waals surface area contributed by atoms with Crippen LogP contribution in [0.25, 0.3) is 0 Å². The van der Waals surface area contributed by atoms with Crippen molar-refractivity contribution < 1.29 is 31.1 Å². The summed E-state index contributed by atoms with van der Waals surface area (Å²) in [5, 5.41) is 0.319. The third kappa shape index (κ3) is 3.97. The van der Waals surface area contributed by atoms with Crippen LogP contribution in [0.1, 0.15) is 41.0 Å². The molecule has 7 nitrogen and oxygen atoms in total. The van der Waals surface area contributed by atoms with Gasteiger partial charge in [0.15, 0.2) is 0 Å². The summed E-state index contributed by atoms with van der Waals surface area (Å²) < 4.78 is 70.1. The number of pyridine rings is 1. The van der Waals surface area contributed by atoms with Gasteiger partial charge in [0.05, 0.1) is 12.3 Å². The van der Waals surface area contributed by atoms with Crippen molar-refractivity contribution in [3.8, 4) is 0 Å². The van der Waals surface area contributed by atoms with Crippen molar-refractivity contribution in [1.82, 2.24) is 9.97 Å². The molecule has 12 heteroatoms. The molecule has 0 bridgehead atoms. The van der Waals surface area contributed by atoms with Gasteiger partial charge in [-0.15, -0.1) is 0 Å². The fourth-order valence-electron chi connectivity index (χ4n) is 2.69. The molecule has 2 aromatic rings. The van der Waals surface area contributed by atoms with Crippen LogP contribution in [-0.2, 0) is 27.4 Å². The first-order valence-electron chi connectivity index (χ1n) is 8.37. The molecule has 1 aliphatic heterocycles. The second-order valence-electron chi connectivity index (χ2n) is 5.90. The summed E-state index contributed by atoms with van der Waals surface area (Å²) in [6.07, 6.45) is -2.27. The summed E-state index contributed by atoms with van der Waals surface area (Å²) >= 11 is 0.894. The predicted octanol–water partition coefficient (Wildman–Crippen LogP) is 3.27. The van der Waals surface area contributed by atoms with Crippen molar-refractivity contribution in [3.05, 3.63) is 34.7 Å². The number of hydrogen-bond acceptors (Lipinski definition) is 7. The number of esters is 1. The van der Waals surface area contributed by atoms with Gasteiger partial charge in [-0.25, -0.2) is 18.2 Å². The van der Waals surface area contributed by atoms with E-state index in [1.165, 1.54) is 0 Å². The number of thiazole rings is 1. The Hall–Kier alpha value is -2.21. The number of fused-ring (bicyclic) bond motifs is 1. The summed E-state index contributed by atoms with van der Waals surface area (Å²) in [5.74, 6) is -0.644. The third-order valence-corrected chi connectivity index (χ3v) is 6.99. The summed E-state index contributed by atoms with van der Waals surface area (Å²) in [4.78, 5) is 19.0. The monoisotopic (exact) mass is 435 g/mol. The molecule has 3 rings (SSSR count). The molecule has 0 aromatic carbocycles. The molecule has 0 radical (unpaired) electrons. The average Bonchev–Trinajstić information content (AvgIpc) is 2.94. The smallest absolute Gasteiger partial charge is 0.433 e. The van der Waals surface area contributed by atoms with Crippen molar-refractivity contribution in [1.29, 1.82) is 0 Å². The van der Waals surface area contributed by atoms with Gasteiger partial charge in [-0.2, -0.15) is 13.2 Å². The minimum Gasteiger partial charge on any atom is -0.461 e. The maximum Gasteiger partial charge on any atom is 0.433 e. The fourth-order valence-corrected chi connectivity index (χ4v) is 5.41. The van der Waals surface area contributed by atoms with Crippen molar-refractivity contribution in [2.24, 2.45) is 0 Å². The van der Waals surface area contributed by atoms with E-state index < -0.39 is 27.9 Å². The minimum absolute atomic E-state index is 0.0412. The molecule has 3 heterocycles. The highest BCUT2D eigenvalue weighted by Crippen LogP contribution is 2.37. The van der Waals surface area contributed by atoms with Gasteiger partial charge < -0.3 is 4.74 Å². The number of carbonyl (C=O) groups excluding carboxylic acids is 1. The number of aryl methyl sites for hydroxylation is 1. The lowest BCUT2D eigenvalue weighted by atomic mass is 10.2. The SMILES string of the molecule is CCOC(=O)c1nc2c(s1)N(S(=O)(=O)c1ccc(C(F)(F)F)nc1)CCCC2. The number of rotatable bonds is 4. The van der Waals surface area contributed by atoms with Crippen molar-refractivity contribution in [2.75, 3.05) is 17.5 Å². The summed E-state index contributed by atoms with van der Waals surface area (Å²) in [6, 6.07) is 1.51. The Morgan fingerprint density at radius 2 is 2.07 bits per heavy atom. The van der Waals surface area contributed by atoms with E-state index in [-0.39, 0.29) is 28.1 Å². The molecule has 0 amide bonds. The van der Waals surface area contributed by atoms with Crippen molar-refractivity contribution >= 4 is 32.3 Å². The Balaban J connectivity index is 1.99. The van der Waals surface area contributed by atoms with Crippen LogP contribution in [0.15, 0.2) is 23.2 Å². The summed E-state index contributed by atoms with van der Waals surface area (Å²) in [7, 11) is -4.16. The number of anilines is 1. The molecule has 0 saturated carbocycles. The first-order chi connectivity index (χ1) is 13.1. The molecular weight excluding hydrogens is 419 g/mol. The zero-order valence-corrected chi connectivity index (χ0v) is 16.3. The van der Waals surface area contributed by atoms with Gasteiger partial charge in [-0.1, -0.05) is 11.3 Å². The van der Waals surface area contributed by atoms with Gasteiger partial charge in [-0.05, 0) is 38.3 Å². The van der Waals surface area contributed by atoms with Crippen molar-refractivity contribution in [3.63, 3.8) is 0 Å². The van der Waals surface area contributed by atoms with E-state index >= 15 is 0 Å². The lowest BCUT2D eigenvalue weighted by Gasteiger charge is -2.21. The number of halogens is 3. The van der Waals surface area contributed by atoms with Crippen LogP contribution in [0.3, 0.4) is 0 Å². The zero-order chi connectivity index (χ0) is 20.5. The molecule has 152 valence electrons. The van der Waals surface area contributed by atoms with Gasteiger partial charge in [0.2, 0.25) is 5.01 Å². The largest absolute Gasteiger partial charge is 0.461 e. The number of aromatic nitrogens is 2. The Labute approximate surface area is 163 Å². The Morgan fingerprint density at radius 1 is 1.32 bits per heavy atom. The summed E-state index contributed by atoms with van der Waals surface area (Å²) in [5.41, 5.74) is -0.723. The molecule has 1 aliphatic rings. The van der Waals surface area contributed by atoms with Gasteiger partial charge in [0.1, 0.15) is 15.6 Å². The topological polar surface area (TPSA) is 89.5 Å². The van der Waals surface area contributed by atoms with Crippen LogP contribution < -0.4 is 4.31 Å². The number of nitrogens with zero attached hydrogens (tertiary/aromatic N) is 3. The van der Waals surface area contributed by atoms with Crippen LogP contribution in [-0.4, -0.2) is 37.5 Å². The molecule has 28 heavy (non-hydrogen) atoms. The van der Waals surface area contributed by atoms with Gasteiger partial charge in [0, 0.05) is 12.7 Å². The highest BCUT2D eigenvalue weighted by molar-refractivity contribution is 7.93. The number of sulfonamides is 1. The molecule has 0 spiro atoms. The molecular formula is C16H16F3N3O4S2. The Morgan fingerprint density at radius 3 is 2.68 bits per heavy atom. The second kappa shape index (κ2) is 7.66. The average molecular weight is 435 g/mol. The van der Waals surface area contributed by atoms with E-state index in [0.29, 0.717) is 37.2 Å². The van der Waals surface area contributed by atoms with Crippen LogP contribution in [0.5, 0.6) is 0 Å². The molecule has 0 unspecified atom stereocenters. The van der Waals surface area contributed by atoms with Crippen molar-refractivity contribution in [2.45, 2.75) is 37.3 Å². The first kappa shape index (κ1) is 20.5. The molecule has 0 fully saturated rings. The van der Waals surface area contributed by atoms with Gasteiger partial charge in [0.25, 0.3) is 10.0 Å². The maximum atomic E-state index is 13.0. The maximum absolute atomic E-state index is 13.0. The zero-order valence-electron chi connectivity index (χ0n) is 14.7. The predicted molar refractivity (Wildman–Crippen MR) is 94.8 cm³/mol. The number of hydrogen-bond donors (Lipinski definition) is 0. The normalized spacial score (nSPS) is 15.1. The first-order valence-corrected chi connectivity index (χ1v) is 10.6. The van der Waals surface area contributed by atoms with Crippen LogP contribution in [0, 0.1) is 0 Å². The highest BCUT2D eigenvalue weighted by Gasteiger charge is 2.35. The van der Waals surface area contributed by atoms with Crippen LogP contribution in [0.2, 0.25) is 0 Å². The van der Waals surface area contributed by atoms with Crippen LogP contribution in [0.4, 0.5) is 18.2 Å². The lowest BCUT2D eigenvalue weighted by molar-refractivity contribution is -0.141. The van der Waals surface area contributed by atoms with E-state index in [1.807, 2.05) is 0 Å². The van der Waals surface area contributed by atoms with E-state index in [1.54, 1.807) is 6.92 Å². The quantitative estimate of drug-likeness (QED) is 0.685. The minimum atomic E-state index is -4.66. The Bertz CT molecular complexity index is 972. The molecule has 0 saturated heterocycles. The molecule has 0 N–H and O–H groups in total. The number of alkyl halides is 3. The second-order valence-corrected chi connectivity index (χ2v) is 8.74. The number of carbonyl (C=O) groups is 1. The molecule has 0 atom stereocenters. The van der Waals surface area contributed by atoms with E-state index in [4.69, 9.17) is 4.74 Å². The molecule has 2 aromatic heterocycles. The van der Waals surface area contributed by atoms with E-state index in [9.17, 15) is 26.4 Å². The fraction of sp³-hybridized carbons (Fsp3) is 0.438. The highest BCUT2D eigenvalue weighted by atomic mass is 32.2. The van der Waals surface area contributed by atoms with E-state index in [2.05, 4.69) is 9.97 Å². The Kier molecular flexibility index (Phi) is 5.62. The van der Waals surface area contributed by atoms with Crippen LogP contribution >= 0.6 is 11.3 Å². The van der Waals surface area contributed by atoms with E-state index in [0.717, 1.165) is 21.7 Å². The summed E-state index contributed by atoms with van der Waals surface area (Å²) in [6.45, 7) is 1.92. The van der Waals surface area contributed by atoms with Gasteiger partial charge >= 0.3 is 12.1 Å². The molecule has 0 aliphatic carbocycles. The third-order valence-electron chi connectivity index (χ3n) is 3.99.